The Labute approximate surface area is 347 Å². The number of hydrogen-bond donors (Lipinski definition) is 5. The molecule has 0 aliphatic heterocycles. The molecule has 0 saturated heterocycles. The molecule has 7 N–H and O–H groups in total. The summed E-state index contributed by atoms with van der Waals surface area (Å²) in [6.45, 7) is 0. The van der Waals surface area contributed by atoms with Crippen molar-refractivity contribution in [3.05, 3.63) is 138 Å². The van der Waals surface area contributed by atoms with Gasteiger partial charge in [0, 0.05) is 16.7 Å². The van der Waals surface area contributed by atoms with Gasteiger partial charge in [-0.15, -0.1) is 20.4 Å². The number of Topliss-reactive ketones (excluding diaryl/α,β-unsaturated/α-hetero) is 2. The van der Waals surface area contributed by atoms with E-state index < -0.39 is 63.5 Å². The number of sulfonamides is 2. The number of aromatic nitrogens is 6. The van der Waals surface area contributed by atoms with Gasteiger partial charge in [0.15, 0.2) is 11.4 Å². The average Bonchev–Trinajstić information content (AvgIpc) is 4.01. The summed E-state index contributed by atoms with van der Waals surface area (Å²) in [7, 11) is -8.57. The van der Waals surface area contributed by atoms with Crippen molar-refractivity contribution in [1.29, 1.82) is 0 Å². The number of nitrogens with two attached hydrogens (primary N) is 2. The fourth-order valence-electron chi connectivity index (χ4n) is 5.39. The Morgan fingerprint density at radius 2 is 1.12 bits per heavy atom. The van der Waals surface area contributed by atoms with Gasteiger partial charge in [-0.25, -0.2) is 31.8 Å². The number of carbonyl (C=O) groups excluding carboxylic acids is 4. The minimum Gasteiger partial charge on any atom is -0.296 e. The van der Waals surface area contributed by atoms with Crippen molar-refractivity contribution in [1.82, 2.24) is 30.2 Å². The van der Waals surface area contributed by atoms with E-state index in [1.54, 1.807) is 109 Å². The Hall–Kier alpha value is -7.22. The summed E-state index contributed by atoms with van der Waals surface area (Å²) < 4.78 is 47.6. The van der Waals surface area contributed by atoms with Crippen molar-refractivity contribution in [2.45, 2.75) is 8.68 Å². The quantitative estimate of drug-likeness (QED) is 0.0343. The number of hydrogen-bond acceptors (Lipinski definition) is 17. The van der Waals surface area contributed by atoms with Gasteiger partial charge >= 0.3 is 0 Å². The van der Waals surface area contributed by atoms with Crippen LogP contribution >= 0.6 is 22.7 Å². The van der Waals surface area contributed by atoms with Crippen LogP contribution in [0.15, 0.2) is 129 Å². The summed E-state index contributed by atoms with van der Waals surface area (Å²) in [6, 6.07) is 30.8. The normalized spacial score (nSPS) is 11.4. The highest BCUT2D eigenvalue weighted by atomic mass is 32.3. The lowest BCUT2D eigenvalue weighted by Crippen LogP contribution is -2.26. The van der Waals surface area contributed by atoms with Gasteiger partial charge in [-0.3, -0.25) is 35.2 Å². The second-order valence-corrected chi connectivity index (χ2v) is 17.5. The van der Waals surface area contributed by atoms with E-state index in [1.165, 1.54) is 10.7 Å². The standard InChI is InChI=1S/C36H26N12O8S4/c37-59(53,54)35-45-43-33(57-35)39-31(51)25-26(32(52)40-34-44-46-36(58-34)60(38,55)56)47-48(28(25)20-11-4-1-5-12-20)24-18-10-17-23(19-24)41-42-27(29(49)21-13-6-2-7-14-21)30(50)22-15-8-3-9-16-22/h1-19,41H,(H2,37,53,54)(H2,38,55,56)(H,39,43,51)(H,40,44,52). The molecule has 0 saturated carbocycles. The van der Waals surface area contributed by atoms with E-state index in [0.717, 1.165) is 0 Å². The fourth-order valence-corrected chi connectivity index (χ4v) is 8.05. The molecule has 0 spiro atoms. The van der Waals surface area contributed by atoms with Crippen molar-refractivity contribution in [3.8, 4) is 16.9 Å². The molecule has 0 unspecified atom stereocenters. The van der Waals surface area contributed by atoms with Gasteiger partial charge in [-0.1, -0.05) is 120 Å². The highest BCUT2D eigenvalue weighted by Crippen LogP contribution is 2.32. The molecule has 24 heteroatoms. The van der Waals surface area contributed by atoms with Crippen LogP contribution in [0.5, 0.6) is 0 Å². The van der Waals surface area contributed by atoms with Crippen LogP contribution in [-0.4, -0.2) is 76.1 Å². The van der Waals surface area contributed by atoms with E-state index in [4.69, 9.17) is 10.3 Å². The molecule has 4 aromatic carbocycles. The van der Waals surface area contributed by atoms with Crippen molar-refractivity contribution in [2.75, 3.05) is 16.1 Å². The summed E-state index contributed by atoms with van der Waals surface area (Å²) in [6.07, 6.45) is 0. The number of nitrogens with one attached hydrogen (secondary N) is 3. The number of carbonyl (C=O) groups is 4. The zero-order valence-electron chi connectivity index (χ0n) is 30.2. The Morgan fingerprint density at radius 3 is 1.62 bits per heavy atom. The number of hydrazone groups is 1. The van der Waals surface area contributed by atoms with Gasteiger partial charge < -0.3 is 0 Å². The minimum absolute atomic E-state index is 0.0387. The second kappa shape index (κ2) is 16.9. The summed E-state index contributed by atoms with van der Waals surface area (Å²) in [5.74, 6) is -3.32. The SMILES string of the molecule is NS(=O)(=O)c1nnc(NC(=O)c2nn(-c3cccc(NN=C(C(=O)c4ccccc4)C(=O)c4ccccc4)c3)c(-c3ccccc3)c2C(=O)Nc2nnc(S(N)(=O)=O)s2)s1. The molecule has 0 bridgehead atoms. The topological polar surface area (TPSA) is 306 Å². The number of ketones is 2. The van der Waals surface area contributed by atoms with E-state index >= 15 is 0 Å². The van der Waals surface area contributed by atoms with Crippen molar-refractivity contribution in [2.24, 2.45) is 15.4 Å². The predicted octanol–water partition coefficient (Wildman–Crippen LogP) is 3.58. The lowest BCUT2D eigenvalue weighted by Gasteiger charge is -2.12. The average molecular weight is 883 g/mol. The smallest absolute Gasteiger partial charge is 0.278 e. The van der Waals surface area contributed by atoms with Crippen LogP contribution in [-0.2, 0) is 20.0 Å². The molecule has 0 aliphatic rings. The molecule has 302 valence electrons. The molecule has 0 atom stereocenters. The maximum absolute atomic E-state index is 14.2. The second-order valence-electron chi connectivity index (χ2n) is 12.1. The number of benzene rings is 4. The zero-order chi connectivity index (χ0) is 42.6. The molecule has 0 radical (unpaired) electrons. The van der Waals surface area contributed by atoms with Crippen LogP contribution in [0.2, 0.25) is 0 Å². The van der Waals surface area contributed by atoms with Crippen LogP contribution in [0.25, 0.3) is 16.9 Å². The van der Waals surface area contributed by atoms with E-state index in [-0.39, 0.29) is 44.0 Å². The third kappa shape index (κ3) is 9.07. The van der Waals surface area contributed by atoms with Crippen LogP contribution in [0.1, 0.15) is 41.6 Å². The van der Waals surface area contributed by atoms with Crippen molar-refractivity contribution < 1.29 is 36.0 Å². The molecule has 3 aromatic heterocycles. The van der Waals surface area contributed by atoms with E-state index in [0.29, 0.717) is 28.2 Å². The fraction of sp³-hybridized carbons (Fsp3) is 0. The maximum atomic E-state index is 14.2. The van der Waals surface area contributed by atoms with E-state index in [2.05, 4.69) is 46.7 Å². The first-order valence-electron chi connectivity index (χ1n) is 16.8. The number of nitrogens with zero attached hydrogens (tertiary/aromatic N) is 7. The van der Waals surface area contributed by atoms with Crippen LogP contribution in [0.4, 0.5) is 16.0 Å². The maximum Gasteiger partial charge on any atom is 0.278 e. The van der Waals surface area contributed by atoms with Crippen LogP contribution in [0.3, 0.4) is 0 Å². The Morgan fingerprint density at radius 1 is 0.617 bits per heavy atom. The lowest BCUT2D eigenvalue weighted by molar-refractivity contribution is 0.0988. The highest BCUT2D eigenvalue weighted by Gasteiger charge is 2.32. The zero-order valence-corrected chi connectivity index (χ0v) is 33.4. The Bertz CT molecular complexity index is 2990. The largest absolute Gasteiger partial charge is 0.296 e. The first-order chi connectivity index (χ1) is 28.7. The van der Waals surface area contributed by atoms with Gasteiger partial charge in [-0.2, -0.15) is 10.2 Å². The van der Waals surface area contributed by atoms with Crippen LogP contribution in [0, 0.1) is 0 Å². The van der Waals surface area contributed by atoms with Gasteiger partial charge in [0.25, 0.3) is 31.9 Å². The van der Waals surface area contributed by atoms with Gasteiger partial charge in [0.1, 0.15) is 0 Å². The van der Waals surface area contributed by atoms with Gasteiger partial charge in [-0.05, 0) is 18.2 Å². The highest BCUT2D eigenvalue weighted by molar-refractivity contribution is 7.91. The number of primary sulfonamides is 2. The summed E-state index contributed by atoms with van der Waals surface area (Å²) >= 11 is 0.894. The number of rotatable bonds is 14. The van der Waals surface area contributed by atoms with E-state index in [1.807, 2.05) is 0 Å². The third-order valence-electron chi connectivity index (χ3n) is 8.01. The number of amides is 2. The number of anilines is 3. The van der Waals surface area contributed by atoms with Crippen molar-refractivity contribution >= 4 is 87.8 Å². The molecule has 60 heavy (non-hydrogen) atoms. The summed E-state index contributed by atoms with van der Waals surface area (Å²) in [4.78, 5) is 55.5. The van der Waals surface area contributed by atoms with Crippen molar-refractivity contribution in [3.63, 3.8) is 0 Å². The molecule has 0 fully saturated rings. The first-order valence-corrected chi connectivity index (χ1v) is 21.6. The molecule has 2 amide bonds. The lowest BCUT2D eigenvalue weighted by atomic mass is 9.99. The minimum atomic E-state index is -4.29. The van der Waals surface area contributed by atoms with Gasteiger partial charge in [0.2, 0.25) is 30.5 Å². The molecular weight excluding hydrogens is 857 g/mol. The monoisotopic (exact) mass is 882 g/mol. The predicted molar refractivity (Wildman–Crippen MR) is 220 cm³/mol. The molecule has 7 rings (SSSR count). The van der Waals surface area contributed by atoms with Gasteiger partial charge in [0.05, 0.1) is 22.6 Å². The molecule has 3 heterocycles. The Kier molecular flexibility index (Phi) is 11.6. The molecule has 7 aromatic rings. The first kappa shape index (κ1) is 41.0. The van der Waals surface area contributed by atoms with E-state index in [9.17, 15) is 36.0 Å². The third-order valence-corrected chi connectivity index (χ3v) is 12.3. The molecular formula is C36H26N12O8S4. The molecule has 0 aliphatic carbocycles. The van der Waals surface area contributed by atoms with Crippen LogP contribution < -0.4 is 26.3 Å². The molecule has 20 nitrogen and oxygen atoms in total. The summed E-state index contributed by atoms with van der Waals surface area (Å²) in [5.41, 5.74) is 2.81. The summed E-state index contributed by atoms with van der Waals surface area (Å²) in [5, 5.41) is 37.7. The Balaban J connectivity index is 1.34.